The van der Waals surface area contributed by atoms with Gasteiger partial charge in [-0.05, 0) is 79.2 Å². The fourth-order valence-electron chi connectivity index (χ4n) is 8.04. The summed E-state index contributed by atoms with van der Waals surface area (Å²) in [5.41, 5.74) is -1.80. The van der Waals surface area contributed by atoms with Crippen LogP contribution in [-0.4, -0.2) is 40.3 Å². The van der Waals surface area contributed by atoms with Gasteiger partial charge in [0.25, 0.3) is 32.7 Å². The predicted octanol–water partition coefficient (Wildman–Crippen LogP) is 12.0. The number of sulfonamides is 1. The lowest BCUT2D eigenvalue weighted by Gasteiger charge is -2.16. The molecular weight excluding hydrogens is 939 g/mol. The first kappa shape index (κ1) is 53.8. The number of rotatable bonds is 27. The van der Waals surface area contributed by atoms with Gasteiger partial charge in [-0.25, -0.2) is 13.1 Å². The number of hydrogen-bond donors (Lipinski definition) is 3. The van der Waals surface area contributed by atoms with Gasteiger partial charge in [0, 0.05) is 29.3 Å². The van der Waals surface area contributed by atoms with Gasteiger partial charge in [-0.2, -0.15) is 10.4 Å². The van der Waals surface area contributed by atoms with Crippen LogP contribution in [0.5, 0.6) is 5.75 Å². The van der Waals surface area contributed by atoms with Gasteiger partial charge in [-0.3, -0.25) is 34.3 Å². The smallest absolute Gasteiger partial charge is 0.300 e. The first-order valence-corrected chi connectivity index (χ1v) is 26.0. The molecule has 2 aromatic heterocycles. The zero-order valence-corrected chi connectivity index (χ0v) is 42.1. The number of unbranched alkanes of at least 4 members (excludes halogenated alkanes) is 13. The molecule has 0 spiro atoms. The zero-order valence-electron chi connectivity index (χ0n) is 41.3. The van der Waals surface area contributed by atoms with E-state index >= 15 is 0 Å². The van der Waals surface area contributed by atoms with Crippen LogP contribution >= 0.6 is 0 Å². The molecule has 2 heterocycles. The summed E-state index contributed by atoms with van der Waals surface area (Å²) >= 11 is 0. The van der Waals surface area contributed by atoms with Crippen molar-refractivity contribution in [1.29, 1.82) is 5.26 Å². The van der Waals surface area contributed by atoms with E-state index < -0.39 is 43.1 Å². The van der Waals surface area contributed by atoms with Gasteiger partial charge < -0.3 is 14.6 Å². The second-order valence-corrected chi connectivity index (χ2v) is 20.3. The van der Waals surface area contributed by atoms with E-state index in [2.05, 4.69) is 32.3 Å². The molecule has 0 aliphatic rings. The third-order valence-corrected chi connectivity index (χ3v) is 13.3. The minimum absolute atomic E-state index is 0.0832. The number of nitriles is 1. The minimum atomic E-state index is -4.08. The topological polar surface area (TPSA) is 249 Å². The van der Waals surface area contributed by atoms with Gasteiger partial charge in [0.1, 0.15) is 18.4 Å². The zero-order chi connectivity index (χ0) is 51.7. The Bertz CT molecular complexity index is 3070. The minimum Gasteiger partial charge on any atom is -0.489 e. The van der Waals surface area contributed by atoms with Gasteiger partial charge in [-0.1, -0.05) is 129 Å². The maximum absolute atomic E-state index is 14.0. The van der Waals surface area contributed by atoms with Gasteiger partial charge in [0.15, 0.2) is 22.8 Å². The van der Waals surface area contributed by atoms with Crippen LogP contribution in [0.4, 0.5) is 22.7 Å². The number of amides is 1. The molecule has 0 fully saturated rings. The monoisotopic (exact) mass is 1000 g/mol. The Hall–Kier alpha value is -7.59. The lowest BCUT2D eigenvalue weighted by Crippen LogP contribution is -2.25. The number of carbonyl (C=O) groups excluding carboxylic acids is 1. The molecule has 6 rings (SSSR count). The second kappa shape index (κ2) is 25.5. The average Bonchev–Trinajstić information content (AvgIpc) is 3.88. The molecule has 0 saturated carbocycles. The van der Waals surface area contributed by atoms with E-state index in [9.17, 15) is 38.2 Å². The fourth-order valence-corrected chi connectivity index (χ4v) is 9.09. The molecule has 1 amide bonds. The van der Waals surface area contributed by atoms with Crippen molar-refractivity contribution in [1.82, 2.24) is 19.8 Å². The van der Waals surface area contributed by atoms with Crippen molar-refractivity contribution in [3.05, 3.63) is 150 Å². The van der Waals surface area contributed by atoms with E-state index in [1.54, 1.807) is 30.3 Å². The summed E-state index contributed by atoms with van der Waals surface area (Å²) in [5, 5.41) is 35.5. The van der Waals surface area contributed by atoms with E-state index in [-0.39, 0.29) is 62.6 Å². The Morgan fingerprint density at radius 3 is 2.01 bits per heavy atom. The predicted molar refractivity (Wildman–Crippen MR) is 276 cm³/mol. The lowest BCUT2D eigenvalue weighted by molar-refractivity contribution is -0.384. The Morgan fingerprint density at radius 1 is 0.819 bits per heavy atom. The van der Waals surface area contributed by atoms with Crippen LogP contribution in [0.1, 0.15) is 145 Å². The number of anilines is 1. The quantitative estimate of drug-likeness (QED) is 0.0190. The Morgan fingerprint density at radius 2 is 1.43 bits per heavy atom. The molecule has 0 atom stereocenters. The van der Waals surface area contributed by atoms with Crippen molar-refractivity contribution in [2.24, 2.45) is 10.2 Å². The van der Waals surface area contributed by atoms with Crippen molar-refractivity contribution < 1.29 is 27.4 Å². The first-order chi connectivity index (χ1) is 34.6. The van der Waals surface area contributed by atoms with Crippen LogP contribution < -0.4 is 25.9 Å². The summed E-state index contributed by atoms with van der Waals surface area (Å²) in [6, 6.07) is 25.8. The molecule has 0 radical (unpaired) electrons. The van der Waals surface area contributed by atoms with E-state index in [4.69, 9.17) is 9.26 Å². The number of nitro benzene ring substituents is 1. The third kappa shape index (κ3) is 14.5. The molecule has 0 aliphatic heterocycles. The maximum Gasteiger partial charge on any atom is 0.300 e. The van der Waals surface area contributed by atoms with Gasteiger partial charge in [0.05, 0.1) is 26.8 Å². The molecule has 19 heteroatoms. The number of azo groups is 1. The second-order valence-electron chi connectivity index (χ2n) is 18.6. The van der Waals surface area contributed by atoms with Crippen LogP contribution in [0.15, 0.2) is 126 Å². The van der Waals surface area contributed by atoms with Crippen LogP contribution in [0.25, 0.3) is 11.4 Å². The fraction of sp³-hybridized carbons (Fsp3) is 0.396. The summed E-state index contributed by atoms with van der Waals surface area (Å²) in [6.45, 7) is 7.85. The van der Waals surface area contributed by atoms with Crippen molar-refractivity contribution in [3.63, 3.8) is 0 Å². The van der Waals surface area contributed by atoms with Crippen molar-refractivity contribution in [2.45, 2.75) is 135 Å². The van der Waals surface area contributed by atoms with Crippen LogP contribution in [0.3, 0.4) is 0 Å². The molecule has 6 aromatic rings. The highest BCUT2D eigenvalue weighted by atomic mass is 32.2. The van der Waals surface area contributed by atoms with E-state index in [1.165, 1.54) is 136 Å². The number of H-pyrrole nitrogens is 1. The number of hydrogen-bond acceptors (Lipinski definition) is 12. The molecule has 72 heavy (non-hydrogen) atoms. The molecule has 380 valence electrons. The molecule has 0 aliphatic carbocycles. The van der Waals surface area contributed by atoms with Crippen LogP contribution in [0, 0.1) is 21.4 Å². The number of aromatic nitrogens is 3. The first-order valence-electron chi connectivity index (χ1n) is 24.5. The van der Waals surface area contributed by atoms with Crippen molar-refractivity contribution in [2.75, 3.05) is 11.3 Å². The van der Waals surface area contributed by atoms with Crippen LogP contribution in [0.2, 0.25) is 0 Å². The van der Waals surface area contributed by atoms with E-state index in [0.717, 1.165) is 30.1 Å². The SMILES string of the molecule is CCCCCCCCCCCCCCCCNC(=O)c1ccc(-n2oc(C(C)(C)C)c(COc3ccc(NS(=O)(=O)c4ccc(N=Nc5c(C#N)[nH]n(-c6ccccc6)c5=O)cc4)cc3)c2=O)c([N+](=O)[O-])c1. The number of aromatic amines is 1. The molecule has 18 nitrogen and oxygen atoms in total. The Kier molecular flexibility index (Phi) is 19.0. The summed E-state index contributed by atoms with van der Waals surface area (Å²) in [6.07, 6.45) is 17.1. The maximum atomic E-state index is 14.0. The van der Waals surface area contributed by atoms with E-state index in [1.807, 2.05) is 26.8 Å². The number of nitrogens with one attached hydrogen (secondary N) is 3. The number of nitro groups is 1. The molecule has 0 bridgehead atoms. The Balaban J connectivity index is 1.02. The number of ether oxygens (including phenoxy) is 1. The molecule has 0 saturated heterocycles. The number of nitrogens with zero attached hydrogens (tertiary/aromatic N) is 6. The molecule has 3 N–H and O–H groups in total. The summed E-state index contributed by atoms with van der Waals surface area (Å²) in [7, 11) is -4.08. The van der Waals surface area contributed by atoms with Crippen molar-refractivity contribution >= 4 is 38.7 Å². The lowest BCUT2D eigenvalue weighted by atomic mass is 9.91. The molecule has 0 unspecified atom stereocenters. The van der Waals surface area contributed by atoms with Gasteiger partial charge in [0.2, 0.25) is 0 Å². The van der Waals surface area contributed by atoms with Gasteiger partial charge in [-0.15, -0.1) is 9.85 Å². The van der Waals surface area contributed by atoms with Crippen LogP contribution in [-0.2, 0) is 22.0 Å². The largest absolute Gasteiger partial charge is 0.489 e. The van der Waals surface area contributed by atoms with E-state index in [0.29, 0.717) is 12.2 Å². The number of carbonyl (C=O) groups is 1. The molecular formula is C53H63N9O9S. The van der Waals surface area contributed by atoms with Gasteiger partial charge >= 0.3 is 0 Å². The number of para-hydroxylation sites is 1. The summed E-state index contributed by atoms with van der Waals surface area (Å²) in [5.74, 6) is 0.0659. The summed E-state index contributed by atoms with van der Waals surface area (Å²) in [4.78, 5) is 51.6. The normalized spacial score (nSPS) is 11.7. The highest BCUT2D eigenvalue weighted by Gasteiger charge is 2.31. The third-order valence-electron chi connectivity index (χ3n) is 11.9. The highest BCUT2D eigenvalue weighted by molar-refractivity contribution is 7.92. The standard InChI is InChI=1S/C53H63N9O9S/c1-5-6-7-8-9-10-11-12-13-14-15-16-17-21-34-55-50(63)38-24-33-46(47(35-38)62(66)67)61-51(64)44(49(71-61)53(2,3)4)37-70-42-29-25-40(26-30-42)59-72(68,69)43-31-27-39(28-32-43)56-57-48-45(36-54)58-60(52(48)65)41-22-19-18-20-23-41/h18-20,22-33,35,58-59H,5-17,21,34,37H2,1-4H3,(H,55,63). The highest BCUT2D eigenvalue weighted by Crippen LogP contribution is 2.31. The molecule has 4 aromatic carbocycles. The average molecular weight is 1000 g/mol. The summed E-state index contributed by atoms with van der Waals surface area (Å²) < 4.78 is 43.1. The Labute approximate surface area is 419 Å². The van der Waals surface area contributed by atoms with Crippen molar-refractivity contribution in [3.8, 4) is 23.2 Å². The number of benzene rings is 4.